The molecule has 1 aromatic carbocycles. The van der Waals surface area contributed by atoms with Gasteiger partial charge < -0.3 is 29.5 Å². The summed E-state index contributed by atoms with van der Waals surface area (Å²) in [6.45, 7) is 1.86. The molecule has 1 heterocycles. The second kappa shape index (κ2) is 12.8. The third-order valence-corrected chi connectivity index (χ3v) is 6.88. The van der Waals surface area contributed by atoms with Gasteiger partial charge in [0.2, 0.25) is 6.10 Å². The molecule has 1 aliphatic heterocycles. The van der Waals surface area contributed by atoms with Crippen LogP contribution in [0.4, 0.5) is 4.39 Å². The molecule has 1 saturated carbocycles. The first-order chi connectivity index (χ1) is 16.7. The number of halogens is 2. The number of Topliss-reactive ketones (excluding diaryl/α,β-unsaturated/α-hetero) is 1. The third kappa shape index (κ3) is 7.24. The Hall–Kier alpha value is -2.04. The van der Waals surface area contributed by atoms with Crippen LogP contribution in [-0.4, -0.2) is 71.3 Å². The zero-order chi connectivity index (χ0) is 25.5. The molecule has 3 N–H and O–H groups in total. The van der Waals surface area contributed by atoms with E-state index in [1.54, 1.807) is 19.1 Å². The highest BCUT2D eigenvalue weighted by molar-refractivity contribution is 6.30. The van der Waals surface area contributed by atoms with Crippen LogP contribution in [0, 0.1) is 23.6 Å². The van der Waals surface area contributed by atoms with Crippen molar-refractivity contribution in [3.63, 3.8) is 0 Å². The minimum absolute atomic E-state index is 0.0114. The molecule has 8 nitrogen and oxygen atoms in total. The zero-order valence-corrected chi connectivity index (χ0v) is 20.3. The van der Waals surface area contributed by atoms with Gasteiger partial charge in [0.25, 0.3) is 0 Å². The van der Waals surface area contributed by atoms with E-state index in [-0.39, 0.29) is 54.3 Å². The van der Waals surface area contributed by atoms with Crippen LogP contribution in [0.15, 0.2) is 30.4 Å². The minimum Gasteiger partial charge on any atom is -0.487 e. The molecule has 2 fully saturated rings. The maximum absolute atomic E-state index is 13.9. The molecule has 10 heteroatoms. The van der Waals surface area contributed by atoms with Gasteiger partial charge in [-0.2, -0.15) is 0 Å². The van der Waals surface area contributed by atoms with E-state index in [4.69, 9.17) is 25.8 Å². The Morgan fingerprint density at radius 2 is 2.11 bits per heavy atom. The summed E-state index contributed by atoms with van der Waals surface area (Å²) in [5.74, 6) is -2.82. The van der Waals surface area contributed by atoms with Crippen molar-refractivity contribution in [2.24, 2.45) is 17.8 Å². The van der Waals surface area contributed by atoms with Gasteiger partial charge in [-0.05, 0) is 30.9 Å². The van der Waals surface area contributed by atoms with Crippen molar-refractivity contribution in [2.75, 3.05) is 19.8 Å². The van der Waals surface area contributed by atoms with Gasteiger partial charge in [0.15, 0.2) is 17.3 Å². The summed E-state index contributed by atoms with van der Waals surface area (Å²) in [5.41, 5.74) is 0. The molecular formula is C25H32ClFO8. The summed E-state index contributed by atoms with van der Waals surface area (Å²) < 4.78 is 30.7. The molecule has 0 spiro atoms. The Kier molecular flexibility index (Phi) is 10.1. The quantitative estimate of drug-likeness (QED) is 0.304. The number of carbonyl (C=O) groups is 2. The normalized spacial score (nSPS) is 28.3. The lowest BCUT2D eigenvalue weighted by Crippen LogP contribution is -2.34. The number of aliphatic hydroxyl groups is 2. The molecule has 1 aromatic rings. The Bertz CT molecular complexity index is 909. The largest absolute Gasteiger partial charge is 0.487 e. The molecule has 35 heavy (non-hydrogen) atoms. The van der Waals surface area contributed by atoms with E-state index in [9.17, 15) is 29.3 Å². The number of hydrogen-bond acceptors (Lipinski definition) is 7. The second-order valence-corrected chi connectivity index (χ2v) is 9.45. The van der Waals surface area contributed by atoms with Crippen molar-refractivity contribution >= 4 is 23.4 Å². The van der Waals surface area contributed by atoms with Gasteiger partial charge in [-0.3, -0.25) is 4.79 Å². The van der Waals surface area contributed by atoms with Crippen LogP contribution in [0.2, 0.25) is 5.02 Å². The average molecular weight is 515 g/mol. The highest BCUT2D eigenvalue weighted by Gasteiger charge is 2.43. The van der Waals surface area contributed by atoms with Gasteiger partial charge in [-0.25, -0.2) is 9.18 Å². The Morgan fingerprint density at radius 3 is 2.83 bits per heavy atom. The topological polar surface area (TPSA) is 123 Å². The van der Waals surface area contributed by atoms with Crippen LogP contribution >= 0.6 is 11.6 Å². The van der Waals surface area contributed by atoms with Crippen LogP contribution in [0.1, 0.15) is 32.6 Å². The minimum atomic E-state index is -1.47. The summed E-state index contributed by atoms with van der Waals surface area (Å²) in [6.07, 6.45) is 1.91. The molecule has 7 atom stereocenters. The first kappa shape index (κ1) is 27.5. The molecular weight excluding hydrogens is 483 g/mol. The van der Waals surface area contributed by atoms with Crippen LogP contribution in [-0.2, 0) is 19.1 Å². The summed E-state index contributed by atoms with van der Waals surface area (Å²) in [4.78, 5) is 23.1. The van der Waals surface area contributed by atoms with E-state index in [2.05, 4.69) is 0 Å². The van der Waals surface area contributed by atoms with E-state index < -0.39 is 35.9 Å². The number of fused-ring (bicyclic) bond motifs is 1. The van der Waals surface area contributed by atoms with Gasteiger partial charge in [-0.1, -0.05) is 36.7 Å². The summed E-state index contributed by atoms with van der Waals surface area (Å²) in [5, 5.41) is 30.0. The third-order valence-electron chi connectivity index (χ3n) is 6.59. The molecule has 194 valence electrons. The van der Waals surface area contributed by atoms with Crippen molar-refractivity contribution < 1.29 is 43.5 Å². The molecule has 1 unspecified atom stereocenters. The molecule has 2 aliphatic rings. The molecule has 3 rings (SSSR count). The van der Waals surface area contributed by atoms with E-state index in [1.807, 2.05) is 0 Å². The number of hydrogen-bond donors (Lipinski definition) is 3. The zero-order valence-electron chi connectivity index (χ0n) is 19.5. The van der Waals surface area contributed by atoms with Crippen molar-refractivity contribution in [3.05, 3.63) is 41.2 Å². The van der Waals surface area contributed by atoms with Crippen molar-refractivity contribution in [1.29, 1.82) is 0 Å². The standard InChI is InChI=1S/C25H32ClFO8/c1-2-19(29)24(25(31)32)35-12-14-6-8-17-16(20(30)10-22(17)33-11-14)9-7-15(28)13-34-21-5-3-4-18(26)23(21)27/h3-5,7,9,14-17,20,22,24,28,30H,2,6,8,10-13H2,1H3,(H,31,32)/b9-7+/t14-,15-,16-,17-,20-,22+,24?/m1/s1. The SMILES string of the molecule is CCC(=O)C(OC[C@@H]1CC[C@@H]2[C@@H](/C=C/[C@@H](O)COc3cccc(Cl)c3F)[C@H](O)C[C@@H]2OC1)C(=O)O. The maximum atomic E-state index is 13.9. The number of ketones is 1. The number of benzene rings is 1. The number of ether oxygens (including phenoxy) is 3. The van der Waals surface area contributed by atoms with Crippen molar-refractivity contribution in [1.82, 2.24) is 0 Å². The van der Waals surface area contributed by atoms with Gasteiger partial charge in [0.1, 0.15) is 12.7 Å². The maximum Gasteiger partial charge on any atom is 0.340 e. The highest BCUT2D eigenvalue weighted by Crippen LogP contribution is 2.41. The fourth-order valence-corrected chi connectivity index (χ4v) is 4.81. The summed E-state index contributed by atoms with van der Waals surface area (Å²) >= 11 is 5.73. The molecule has 1 saturated heterocycles. The van der Waals surface area contributed by atoms with Crippen molar-refractivity contribution in [3.8, 4) is 5.75 Å². The van der Waals surface area contributed by atoms with Crippen molar-refractivity contribution in [2.45, 2.75) is 57.0 Å². The summed E-state index contributed by atoms with van der Waals surface area (Å²) in [6, 6.07) is 4.37. The molecule has 0 amide bonds. The predicted molar refractivity (Wildman–Crippen MR) is 125 cm³/mol. The summed E-state index contributed by atoms with van der Waals surface area (Å²) in [7, 11) is 0. The van der Waals surface area contributed by atoms with Crippen LogP contribution in [0.5, 0.6) is 5.75 Å². The van der Waals surface area contributed by atoms with Crippen LogP contribution < -0.4 is 4.74 Å². The molecule has 0 radical (unpaired) electrons. The van der Waals surface area contributed by atoms with E-state index in [0.29, 0.717) is 25.9 Å². The van der Waals surface area contributed by atoms with E-state index in [0.717, 1.165) is 0 Å². The van der Waals surface area contributed by atoms with Gasteiger partial charge in [0, 0.05) is 24.7 Å². The number of aliphatic carboxylic acids is 1. The van der Waals surface area contributed by atoms with Crippen LogP contribution in [0.3, 0.4) is 0 Å². The number of carboxylic acids is 1. The van der Waals surface area contributed by atoms with Crippen LogP contribution in [0.25, 0.3) is 0 Å². The van der Waals surface area contributed by atoms with Gasteiger partial charge in [-0.15, -0.1) is 0 Å². The first-order valence-electron chi connectivity index (χ1n) is 11.8. The second-order valence-electron chi connectivity index (χ2n) is 9.05. The van der Waals surface area contributed by atoms with Gasteiger partial charge >= 0.3 is 5.97 Å². The average Bonchev–Trinajstić information content (AvgIpc) is 2.99. The molecule has 1 aliphatic carbocycles. The lowest BCUT2D eigenvalue weighted by Gasteiger charge is -2.21. The molecule has 0 bridgehead atoms. The smallest absolute Gasteiger partial charge is 0.340 e. The Balaban J connectivity index is 1.53. The monoisotopic (exact) mass is 514 g/mol. The lowest BCUT2D eigenvalue weighted by atomic mass is 9.87. The first-order valence-corrected chi connectivity index (χ1v) is 12.2. The molecule has 0 aromatic heterocycles. The fraction of sp³-hybridized carbons (Fsp3) is 0.600. The van der Waals surface area contributed by atoms with Gasteiger partial charge in [0.05, 0.1) is 30.4 Å². The fourth-order valence-electron chi connectivity index (χ4n) is 4.65. The van der Waals surface area contributed by atoms with E-state index >= 15 is 0 Å². The number of aliphatic hydroxyl groups excluding tert-OH is 2. The number of rotatable bonds is 11. The Labute approximate surface area is 208 Å². The Morgan fingerprint density at radius 1 is 1.34 bits per heavy atom. The predicted octanol–water partition coefficient (Wildman–Crippen LogP) is 3.02. The number of carboxylic acid groups (broad SMARTS) is 1. The number of carbonyl (C=O) groups excluding carboxylic acids is 1. The van der Waals surface area contributed by atoms with E-state index in [1.165, 1.54) is 18.2 Å². The lowest BCUT2D eigenvalue weighted by molar-refractivity contribution is -0.157. The highest BCUT2D eigenvalue weighted by atomic mass is 35.5.